The van der Waals surface area contributed by atoms with Gasteiger partial charge >= 0.3 is 5.97 Å². The highest BCUT2D eigenvalue weighted by Gasteiger charge is 2.38. The van der Waals surface area contributed by atoms with Gasteiger partial charge < -0.3 is 30.5 Å². The van der Waals surface area contributed by atoms with Crippen molar-refractivity contribution < 1.29 is 33.8 Å². The van der Waals surface area contributed by atoms with Crippen LogP contribution >= 0.6 is 0 Å². The van der Waals surface area contributed by atoms with E-state index < -0.39 is 42.0 Å². The molecule has 0 fully saturated rings. The van der Waals surface area contributed by atoms with Crippen molar-refractivity contribution in [3.05, 3.63) is 131 Å². The number of hydrogen-bond donors (Lipinski definition) is 4. The van der Waals surface area contributed by atoms with E-state index in [4.69, 9.17) is 4.74 Å². The third-order valence-corrected chi connectivity index (χ3v) is 8.38. The minimum atomic E-state index is -1.20. The lowest BCUT2D eigenvalue weighted by Crippen LogP contribution is -2.52. The topological polar surface area (TPSA) is 155 Å². The molecule has 0 spiro atoms. The second-order valence-corrected chi connectivity index (χ2v) is 12.2. The number of aromatic hydroxyl groups is 1. The standard InChI is InChI=1S/C40H44N4O7/c1-27(2)37(41-25-28-24-32(50-3)20-22-34(28)45)39(49)43-33(38(48)42-26-36(47)51-4)21-23-35(46)44-40(29-14-8-5-9-15-29,30-16-10-6-11-17-30)31-18-12-7-13-19-31/h5-20,22,24-25,27,33,37,45H,21,23,26H2,1-4H3,(H,42,48)(H,43,49)(H,44,46)/t33-,37-/m0/s1. The maximum absolute atomic E-state index is 14.0. The lowest BCUT2D eigenvalue weighted by Gasteiger charge is -2.37. The number of nitrogens with one attached hydrogen (secondary N) is 3. The summed E-state index contributed by atoms with van der Waals surface area (Å²) >= 11 is 0. The summed E-state index contributed by atoms with van der Waals surface area (Å²) in [6.45, 7) is 3.17. The number of hydrogen-bond acceptors (Lipinski definition) is 8. The number of methoxy groups -OCH3 is 2. The Morgan fingerprint density at radius 3 is 1.84 bits per heavy atom. The third-order valence-electron chi connectivity index (χ3n) is 8.38. The number of carbonyl (C=O) groups excluding carboxylic acids is 4. The first-order valence-corrected chi connectivity index (χ1v) is 16.6. The molecule has 0 aromatic heterocycles. The fourth-order valence-corrected chi connectivity index (χ4v) is 5.67. The number of nitrogens with zero attached hydrogens (tertiary/aromatic N) is 1. The van der Waals surface area contributed by atoms with Gasteiger partial charge in [-0.25, -0.2) is 0 Å². The Labute approximate surface area is 298 Å². The van der Waals surface area contributed by atoms with Gasteiger partial charge in [-0.15, -0.1) is 0 Å². The van der Waals surface area contributed by atoms with Crippen molar-refractivity contribution in [1.29, 1.82) is 0 Å². The molecule has 0 aliphatic heterocycles. The Morgan fingerprint density at radius 1 is 0.804 bits per heavy atom. The lowest BCUT2D eigenvalue weighted by atomic mass is 9.77. The zero-order valence-electron chi connectivity index (χ0n) is 29.2. The number of carbonyl (C=O) groups is 4. The fourth-order valence-electron chi connectivity index (χ4n) is 5.67. The molecule has 0 saturated carbocycles. The van der Waals surface area contributed by atoms with Gasteiger partial charge in [0, 0.05) is 18.2 Å². The first kappa shape index (κ1) is 37.8. The zero-order chi connectivity index (χ0) is 36.8. The number of amides is 3. The van der Waals surface area contributed by atoms with Gasteiger partial charge in [0.1, 0.15) is 35.7 Å². The number of aliphatic imine (C=N–C) groups is 1. The van der Waals surface area contributed by atoms with Gasteiger partial charge in [-0.1, -0.05) is 105 Å². The van der Waals surface area contributed by atoms with Crippen LogP contribution in [0.25, 0.3) is 0 Å². The highest BCUT2D eigenvalue weighted by molar-refractivity contribution is 5.93. The molecule has 4 N–H and O–H groups in total. The van der Waals surface area contributed by atoms with Gasteiger partial charge in [0.05, 0.1) is 14.2 Å². The number of esters is 1. The first-order chi connectivity index (χ1) is 24.6. The van der Waals surface area contributed by atoms with Crippen molar-refractivity contribution in [2.45, 2.75) is 44.3 Å². The van der Waals surface area contributed by atoms with Gasteiger partial charge in [0.25, 0.3) is 0 Å². The molecule has 3 amide bonds. The van der Waals surface area contributed by atoms with Gasteiger partial charge in [0.15, 0.2) is 0 Å². The SMILES string of the molecule is COC(=O)CNC(=O)[C@H](CCC(=O)NC(c1ccccc1)(c1ccccc1)c1ccccc1)NC(=O)[C@@H](N=Cc1cc(OC)ccc1O)C(C)C. The molecule has 2 atom stereocenters. The third kappa shape index (κ3) is 9.81. The summed E-state index contributed by atoms with van der Waals surface area (Å²) in [6, 6.07) is 31.3. The molecule has 0 saturated heterocycles. The largest absolute Gasteiger partial charge is 0.507 e. The Kier molecular flexibility index (Phi) is 13.5. The van der Waals surface area contributed by atoms with Gasteiger partial charge in [0.2, 0.25) is 17.7 Å². The lowest BCUT2D eigenvalue weighted by molar-refractivity contribution is -0.141. The summed E-state index contributed by atoms with van der Waals surface area (Å²) < 4.78 is 9.88. The molecule has 0 aliphatic carbocycles. The Morgan fingerprint density at radius 2 is 1.35 bits per heavy atom. The smallest absolute Gasteiger partial charge is 0.325 e. The summed E-state index contributed by atoms with van der Waals surface area (Å²) in [6.07, 6.45) is 1.13. The van der Waals surface area contributed by atoms with Crippen LogP contribution in [0, 0.1) is 5.92 Å². The quantitative estimate of drug-likeness (QED) is 0.0766. The predicted octanol–water partition coefficient (Wildman–Crippen LogP) is 4.51. The summed E-state index contributed by atoms with van der Waals surface area (Å²) in [5, 5.41) is 18.8. The van der Waals surface area contributed by atoms with Crippen LogP contribution < -0.4 is 20.7 Å². The van der Waals surface area contributed by atoms with E-state index in [9.17, 15) is 24.3 Å². The number of phenolic OH excluding ortho intramolecular Hbond substituents is 1. The van der Waals surface area contributed by atoms with Crippen LogP contribution in [0.3, 0.4) is 0 Å². The second kappa shape index (κ2) is 18.1. The minimum Gasteiger partial charge on any atom is -0.507 e. The molecule has 11 nitrogen and oxygen atoms in total. The number of benzene rings is 4. The van der Waals surface area contributed by atoms with Crippen LogP contribution in [0.15, 0.2) is 114 Å². The molecule has 0 radical (unpaired) electrons. The first-order valence-electron chi connectivity index (χ1n) is 16.6. The normalized spacial score (nSPS) is 12.5. The Hall–Kier alpha value is -5.97. The van der Waals surface area contributed by atoms with Crippen LogP contribution in [0.5, 0.6) is 11.5 Å². The molecule has 0 bridgehead atoms. The average Bonchev–Trinajstić information content (AvgIpc) is 3.16. The highest BCUT2D eigenvalue weighted by atomic mass is 16.5. The maximum Gasteiger partial charge on any atom is 0.325 e. The van der Waals surface area contributed by atoms with E-state index in [1.54, 1.807) is 26.0 Å². The van der Waals surface area contributed by atoms with E-state index >= 15 is 0 Å². The van der Waals surface area contributed by atoms with E-state index in [0.29, 0.717) is 11.3 Å². The maximum atomic E-state index is 14.0. The zero-order valence-corrected chi connectivity index (χ0v) is 29.2. The molecule has 4 rings (SSSR count). The average molecular weight is 693 g/mol. The molecule has 0 aliphatic rings. The van der Waals surface area contributed by atoms with E-state index in [1.165, 1.54) is 26.5 Å². The number of rotatable bonds is 16. The summed E-state index contributed by atoms with van der Waals surface area (Å²) in [5.74, 6) is -2.15. The van der Waals surface area contributed by atoms with Crippen LogP contribution in [0.4, 0.5) is 0 Å². The molecule has 266 valence electrons. The summed E-state index contributed by atoms with van der Waals surface area (Å²) in [4.78, 5) is 57.3. The van der Waals surface area contributed by atoms with Crippen molar-refractivity contribution in [3.8, 4) is 11.5 Å². The molecule has 51 heavy (non-hydrogen) atoms. The van der Waals surface area contributed by atoms with Crippen molar-refractivity contribution in [1.82, 2.24) is 16.0 Å². The summed E-state index contributed by atoms with van der Waals surface area (Å²) in [7, 11) is 2.69. The van der Waals surface area contributed by atoms with Gasteiger partial charge in [-0.05, 0) is 47.2 Å². The minimum absolute atomic E-state index is 0.0499. The molecule has 4 aromatic rings. The van der Waals surface area contributed by atoms with Crippen molar-refractivity contribution in [2.24, 2.45) is 10.9 Å². The second-order valence-electron chi connectivity index (χ2n) is 12.2. The van der Waals surface area contributed by atoms with Gasteiger partial charge in [-0.3, -0.25) is 24.2 Å². The predicted molar refractivity (Wildman–Crippen MR) is 194 cm³/mol. The highest BCUT2D eigenvalue weighted by Crippen LogP contribution is 2.37. The van der Waals surface area contributed by atoms with Crippen molar-refractivity contribution >= 4 is 29.9 Å². The van der Waals surface area contributed by atoms with Crippen LogP contribution in [-0.2, 0) is 29.5 Å². The van der Waals surface area contributed by atoms with E-state index in [0.717, 1.165) is 16.7 Å². The molecule has 11 heteroatoms. The molecule has 0 heterocycles. The van der Waals surface area contributed by atoms with Crippen molar-refractivity contribution in [3.63, 3.8) is 0 Å². The van der Waals surface area contributed by atoms with E-state index in [1.807, 2.05) is 91.0 Å². The number of phenols is 1. The van der Waals surface area contributed by atoms with Gasteiger partial charge in [-0.2, -0.15) is 0 Å². The Balaban J connectivity index is 1.61. The van der Waals surface area contributed by atoms with E-state index in [2.05, 4.69) is 25.7 Å². The monoisotopic (exact) mass is 692 g/mol. The fraction of sp³-hybridized carbons (Fsp3) is 0.275. The molecular formula is C40H44N4O7. The van der Waals surface area contributed by atoms with Crippen LogP contribution in [0.2, 0.25) is 0 Å². The number of ether oxygens (including phenoxy) is 2. The van der Waals surface area contributed by atoms with Crippen LogP contribution in [0.1, 0.15) is 48.9 Å². The summed E-state index contributed by atoms with van der Waals surface area (Å²) in [5.41, 5.74) is 1.76. The molecular weight excluding hydrogens is 648 g/mol. The molecule has 0 unspecified atom stereocenters. The Bertz CT molecular complexity index is 1700. The molecule has 4 aromatic carbocycles. The van der Waals surface area contributed by atoms with Crippen LogP contribution in [-0.4, -0.2) is 67.9 Å². The van der Waals surface area contributed by atoms with E-state index in [-0.39, 0.29) is 30.4 Å². The van der Waals surface area contributed by atoms with Crippen molar-refractivity contribution in [2.75, 3.05) is 20.8 Å².